The van der Waals surface area contributed by atoms with E-state index in [0.717, 1.165) is 25.1 Å². The molecule has 1 atom stereocenters. The van der Waals surface area contributed by atoms with Crippen LogP contribution in [-0.2, 0) is 4.79 Å². The van der Waals surface area contributed by atoms with Gasteiger partial charge in [0.1, 0.15) is 0 Å². The van der Waals surface area contributed by atoms with Crippen LogP contribution in [0.5, 0.6) is 0 Å². The summed E-state index contributed by atoms with van der Waals surface area (Å²) in [6, 6.07) is 8.08. The van der Waals surface area contributed by atoms with Crippen LogP contribution in [0.25, 0.3) is 6.08 Å². The van der Waals surface area contributed by atoms with Crippen molar-refractivity contribution >= 4 is 12.0 Å². The number of benzene rings is 1. The fourth-order valence-electron chi connectivity index (χ4n) is 2.02. The molecule has 16 heavy (non-hydrogen) atoms. The Hall–Kier alpha value is -1.61. The second kappa shape index (κ2) is 4.94. The molecule has 1 aliphatic rings. The van der Waals surface area contributed by atoms with Crippen LogP contribution in [0.15, 0.2) is 30.3 Å². The van der Waals surface area contributed by atoms with E-state index in [9.17, 15) is 4.79 Å². The van der Waals surface area contributed by atoms with Crippen LogP contribution in [0.3, 0.4) is 0 Å². The quantitative estimate of drug-likeness (QED) is 0.760. The van der Waals surface area contributed by atoms with Gasteiger partial charge in [0.2, 0.25) is 0 Å². The Kier molecular flexibility index (Phi) is 3.37. The molecule has 3 heteroatoms. The zero-order valence-electron chi connectivity index (χ0n) is 9.02. The molecule has 0 bridgehead atoms. The van der Waals surface area contributed by atoms with Crippen molar-refractivity contribution in [2.45, 2.75) is 12.3 Å². The largest absolute Gasteiger partial charge is 0.478 e. The number of aliphatic carboxylic acids is 1. The van der Waals surface area contributed by atoms with Crippen LogP contribution in [0.2, 0.25) is 0 Å². The van der Waals surface area contributed by atoms with Gasteiger partial charge in [0.25, 0.3) is 0 Å². The van der Waals surface area contributed by atoms with Crippen LogP contribution in [0.1, 0.15) is 23.5 Å². The summed E-state index contributed by atoms with van der Waals surface area (Å²) in [5, 5.41) is 11.9. The third-order valence-electron chi connectivity index (χ3n) is 2.86. The number of rotatable bonds is 3. The van der Waals surface area contributed by atoms with Gasteiger partial charge in [0.15, 0.2) is 0 Å². The number of nitrogens with one attached hydrogen (secondary N) is 1. The third-order valence-corrected chi connectivity index (χ3v) is 2.86. The number of carboxylic acids is 1. The van der Waals surface area contributed by atoms with Gasteiger partial charge in [0, 0.05) is 12.6 Å². The molecule has 1 aromatic rings. The average molecular weight is 217 g/mol. The lowest BCUT2D eigenvalue weighted by molar-refractivity contribution is -0.131. The van der Waals surface area contributed by atoms with Crippen molar-refractivity contribution in [3.05, 3.63) is 41.5 Å². The Bertz CT molecular complexity index is 406. The summed E-state index contributed by atoms with van der Waals surface area (Å²) in [4.78, 5) is 10.4. The first-order valence-corrected chi connectivity index (χ1v) is 5.47. The lowest BCUT2D eigenvalue weighted by Gasteiger charge is -2.08. The highest BCUT2D eigenvalue weighted by Crippen LogP contribution is 2.23. The Morgan fingerprint density at radius 1 is 1.50 bits per heavy atom. The molecule has 2 rings (SSSR count). The summed E-state index contributed by atoms with van der Waals surface area (Å²) in [6.45, 7) is 2.09. The molecular formula is C13H15NO2. The molecular weight excluding hydrogens is 202 g/mol. The summed E-state index contributed by atoms with van der Waals surface area (Å²) in [5.74, 6) is -0.342. The van der Waals surface area contributed by atoms with Crippen molar-refractivity contribution in [1.82, 2.24) is 5.32 Å². The Morgan fingerprint density at radius 2 is 2.38 bits per heavy atom. The molecule has 1 unspecified atom stereocenters. The maximum absolute atomic E-state index is 10.4. The molecule has 0 aromatic heterocycles. The maximum atomic E-state index is 10.4. The SMILES string of the molecule is O=C(O)/C=C/c1cccc(C2CCNC2)c1. The minimum absolute atomic E-state index is 0.568. The molecule has 2 N–H and O–H groups in total. The first kappa shape index (κ1) is 10.9. The summed E-state index contributed by atoms with van der Waals surface area (Å²) in [6.07, 6.45) is 3.96. The van der Waals surface area contributed by atoms with E-state index in [1.54, 1.807) is 6.08 Å². The van der Waals surface area contributed by atoms with Crippen LogP contribution in [0.4, 0.5) is 0 Å². The standard InChI is InChI=1S/C13H15NO2/c15-13(16)5-4-10-2-1-3-11(8-10)12-6-7-14-9-12/h1-5,8,12,14H,6-7,9H2,(H,15,16)/b5-4+. The molecule has 1 saturated heterocycles. The van der Waals surface area contributed by atoms with Gasteiger partial charge in [-0.3, -0.25) is 0 Å². The van der Waals surface area contributed by atoms with E-state index in [-0.39, 0.29) is 0 Å². The van der Waals surface area contributed by atoms with Crippen molar-refractivity contribution in [3.63, 3.8) is 0 Å². The molecule has 1 fully saturated rings. The van der Waals surface area contributed by atoms with E-state index in [1.165, 1.54) is 11.6 Å². The molecule has 1 aliphatic heterocycles. The highest BCUT2D eigenvalue weighted by atomic mass is 16.4. The molecule has 1 aromatic carbocycles. The van der Waals surface area contributed by atoms with Gasteiger partial charge in [-0.1, -0.05) is 24.3 Å². The molecule has 0 aliphatic carbocycles. The second-order valence-corrected chi connectivity index (χ2v) is 4.03. The first-order chi connectivity index (χ1) is 7.75. The smallest absolute Gasteiger partial charge is 0.328 e. The Morgan fingerprint density at radius 3 is 3.06 bits per heavy atom. The summed E-state index contributed by atoms with van der Waals surface area (Å²) < 4.78 is 0. The lowest BCUT2D eigenvalue weighted by Crippen LogP contribution is -2.07. The zero-order valence-corrected chi connectivity index (χ0v) is 9.02. The van der Waals surface area contributed by atoms with E-state index in [2.05, 4.69) is 17.4 Å². The van der Waals surface area contributed by atoms with Gasteiger partial charge in [0.05, 0.1) is 0 Å². The van der Waals surface area contributed by atoms with Crippen molar-refractivity contribution in [1.29, 1.82) is 0 Å². The molecule has 0 saturated carbocycles. The van der Waals surface area contributed by atoms with Crippen molar-refractivity contribution < 1.29 is 9.90 Å². The zero-order chi connectivity index (χ0) is 11.4. The van der Waals surface area contributed by atoms with Crippen LogP contribution >= 0.6 is 0 Å². The maximum Gasteiger partial charge on any atom is 0.328 e. The van der Waals surface area contributed by atoms with Crippen molar-refractivity contribution in [2.24, 2.45) is 0 Å². The van der Waals surface area contributed by atoms with Gasteiger partial charge in [-0.25, -0.2) is 4.79 Å². The number of hydrogen-bond donors (Lipinski definition) is 2. The van der Waals surface area contributed by atoms with E-state index in [0.29, 0.717) is 5.92 Å². The van der Waals surface area contributed by atoms with Crippen molar-refractivity contribution in [3.8, 4) is 0 Å². The number of carboxylic acid groups (broad SMARTS) is 1. The summed E-state index contributed by atoms with van der Waals surface area (Å²) >= 11 is 0. The molecule has 3 nitrogen and oxygen atoms in total. The fraction of sp³-hybridized carbons (Fsp3) is 0.308. The lowest BCUT2D eigenvalue weighted by atomic mass is 9.96. The fourth-order valence-corrected chi connectivity index (χ4v) is 2.02. The van der Waals surface area contributed by atoms with E-state index >= 15 is 0 Å². The minimum Gasteiger partial charge on any atom is -0.478 e. The average Bonchev–Trinajstić information content (AvgIpc) is 2.80. The Balaban J connectivity index is 2.15. The highest BCUT2D eigenvalue weighted by Gasteiger charge is 2.16. The van der Waals surface area contributed by atoms with Gasteiger partial charge in [-0.2, -0.15) is 0 Å². The minimum atomic E-state index is -0.909. The van der Waals surface area contributed by atoms with Gasteiger partial charge in [-0.15, -0.1) is 0 Å². The summed E-state index contributed by atoms with van der Waals surface area (Å²) in [7, 11) is 0. The molecule has 84 valence electrons. The normalized spacial score (nSPS) is 20.4. The van der Waals surface area contributed by atoms with E-state index in [1.807, 2.05) is 12.1 Å². The predicted octanol–water partition coefficient (Wildman–Crippen LogP) is 1.86. The molecule has 1 heterocycles. The van der Waals surface area contributed by atoms with Crippen LogP contribution in [-0.4, -0.2) is 24.2 Å². The van der Waals surface area contributed by atoms with E-state index in [4.69, 9.17) is 5.11 Å². The molecule has 0 amide bonds. The molecule has 0 radical (unpaired) electrons. The van der Waals surface area contributed by atoms with Crippen molar-refractivity contribution in [2.75, 3.05) is 13.1 Å². The van der Waals surface area contributed by atoms with E-state index < -0.39 is 5.97 Å². The predicted molar refractivity (Wildman–Crippen MR) is 63.3 cm³/mol. The topological polar surface area (TPSA) is 49.3 Å². The number of hydrogen-bond acceptors (Lipinski definition) is 2. The number of carbonyl (C=O) groups is 1. The third kappa shape index (κ3) is 2.70. The first-order valence-electron chi connectivity index (χ1n) is 5.47. The van der Waals surface area contributed by atoms with Gasteiger partial charge >= 0.3 is 5.97 Å². The van der Waals surface area contributed by atoms with Gasteiger partial charge in [-0.05, 0) is 36.1 Å². The van der Waals surface area contributed by atoms with Gasteiger partial charge < -0.3 is 10.4 Å². The summed E-state index contributed by atoms with van der Waals surface area (Å²) in [5.41, 5.74) is 2.24. The second-order valence-electron chi connectivity index (χ2n) is 4.03. The van der Waals surface area contributed by atoms with Crippen LogP contribution < -0.4 is 5.32 Å². The van der Waals surface area contributed by atoms with Crippen LogP contribution in [0, 0.1) is 0 Å². The molecule has 0 spiro atoms. The monoisotopic (exact) mass is 217 g/mol. The highest BCUT2D eigenvalue weighted by molar-refractivity contribution is 5.85. The Labute approximate surface area is 94.8 Å².